The Balaban J connectivity index is 2.59. The number of aryl methyl sites for hydroxylation is 2. The fourth-order valence-electron chi connectivity index (χ4n) is 1.77. The SMILES string of the molecule is Cc1cc(-c2ccccc2)c(C)cc1N. The van der Waals surface area contributed by atoms with Crippen LogP contribution in [0.25, 0.3) is 11.1 Å². The van der Waals surface area contributed by atoms with Crippen molar-refractivity contribution in [1.29, 1.82) is 0 Å². The lowest BCUT2D eigenvalue weighted by atomic mass is 9.97. The summed E-state index contributed by atoms with van der Waals surface area (Å²) in [6, 6.07) is 14.6. The van der Waals surface area contributed by atoms with E-state index >= 15 is 0 Å². The first-order valence-electron chi connectivity index (χ1n) is 5.10. The van der Waals surface area contributed by atoms with Crippen LogP contribution in [-0.2, 0) is 0 Å². The first kappa shape index (κ1) is 9.78. The molecule has 2 rings (SSSR count). The molecule has 0 bridgehead atoms. The third-order valence-corrected chi connectivity index (χ3v) is 2.70. The molecule has 0 saturated heterocycles. The summed E-state index contributed by atoms with van der Waals surface area (Å²) in [5, 5.41) is 0. The molecule has 2 aromatic carbocycles. The van der Waals surface area contributed by atoms with Gasteiger partial charge >= 0.3 is 0 Å². The van der Waals surface area contributed by atoms with E-state index in [2.05, 4.69) is 37.3 Å². The number of anilines is 1. The number of nitrogens with two attached hydrogens (primary N) is 1. The molecular weight excluding hydrogens is 182 g/mol. The third kappa shape index (κ3) is 1.86. The van der Waals surface area contributed by atoms with Gasteiger partial charge in [-0.2, -0.15) is 0 Å². The van der Waals surface area contributed by atoms with Crippen LogP contribution < -0.4 is 5.73 Å². The Bertz CT molecular complexity index is 472. The molecule has 1 nitrogen and oxygen atoms in total. The van der Waals surface area contributed by atoms with E-state index in [9.17, 15) is 0 Å². The Morgan fingerprint density at radius 3 is 2.20 bits per heavy atom. The largest absolute Gasteiger partial charge is 0.399 e. The van der Waals surface area contributed by atoms with E-state index in [1.807, 2.05) is 19.1 Å². The maximum absolute atomic E-state index is 5.87. The van der Waals surface area contributed by atoms with Gasteiger partial charge in [0.05, 0.1) is 0 Å². The van der Waals surface area contributed by atoms with E-state index in [0.29, 0.717) is 0 Å². The van der Waals surface area contributed by atoms with Gasteiger partial charge in [0.15, 0.2) is 0 Å². The standard InChI is InChI=1S/C14H15N/c1-10-9-14(15)11(2)8-13(10)12-6-4-3-5-7-12/h3-9H,15H2,1-2H3. The summed E-state index contributed by atoms with van der Waals surface area (Å²) >= 11 is 0. The molecule has 15 heavy (non-hydrogen) atoms. The van der Waals surface area contributed by atoms with Crippen molar-refractivity contribution < 1.29 is 0 Å². The predicted molar refractivity (Wildman–Crippen MR) is 65.8 cm³/mol. The summed E-state index contributed by atoms with van der Waals surface area (Å²) in [7, 11) is 0. The summed E-state index contributed by atoms with van der Waals surface area (Å²) in [4.78, 5) is 0. The average molecular weight is 197 g/mol. The van der Waals surface area contributed by atoms with Gasteiger partial charge in [-0.05, 0) is 48.2 Å². The van der Waals surface area contributed by atoms with Crippen molar-refractivity contribution in [2.45, 2.75) is 13.8 Å². The number of nitrogen functional groups attached to an aromatic ring is 1. The lowest BCUT2D eigenvalue weighted by Crippen LogP contribution is -1.92. The lowest BCUT2D eigenvalue weighted by molar-refractivity contribution is 1.39. The zero-order valence-electron chi connectivity index (χ0n) is 9.12. The van der Waals surface area contributed by atoms with E-state index in [4.69, 9.17) is 5.73 Å². The van der Waals surface area contributed by atoms with Gasteiger partial charge < -0.3 is 5.73 Å². The Kier molecular flexibility index (Phi) is 2.46. The van der Waals surface area contributed by atoms with Gasteiger partial charge in [-0.25, -0.2) is 0 Å². The van der Waals surface area contributed by atoms with Gasteiger partial charge in [0.2, 0.25) is 0 Å². The number of rotatable bonds is 1. The van der Waals surface area contributed by atoms with Crippen molar-refractivity contribution >= 4 is 5.69 Å². The van der Waals surface area contributed by atoms with Crippen molar-refractivity contribution in [2.24, 2.45) is 0 Å². The highest BCUT2D eigenvalue weighted by molar-refractivity contribution is 5.71. The smallest absolute Gasteiger partial charge is 0.0346 e. The second-order valence-corrected chi connectivity index (χ2v) is 3.89. The molecule has 2 N–H and O–H groups in total. The number of hydrogen-bond donors (Lipinski definition) is 1. The Morgan fingerprint density at radius 1 is 0.867 bits per heavy atom. The van der Waals surface area contributed by atoms with Crippen molar-refractivity contribution in [3.63, 3.8) is 0 Å². The van der Waals surface area contributed by atoms with Crippen LogP contribution in [0.4, 0.5) is 5.69 Å². The monoisotopic (exact) mass is 197 g/mol. The Labute approximate surface area is 90.6 Å². The molecule has 0 aromatic heterocycles. The maximum Gasteiger partial charge on any atom is 0.0346 e. The topological polar surface area (TPSA) is 26.0 Å². The molecule has 76 valence electrons. The van der Waals surface area contributed by atoms with Crippen molar-refractivity contribution in [3.8, 4) is 11.1 Å². The minimum atomic E-state index is 0.868. The van der Waals surface area contributed by atoms with Crippen LogP contribution in [0.2, 0.25) is 0 Å². The molecule has 0 unspecified atom stereocenters. The molecule has 0 amide bonds. The normalized spacial score (nSPS) is 10.3. The van der Waals surface area contributed by atoms with Gasteiger partial charge in [-0.15, -0.1) is 0 Å². The fraction of sp³-hybridized carbons (Fsp3) is 0.143. The van der Waals surface area contributed by atoms with E-state index in [-0.39, 0.29) is 0 Å². The van der Waals surface area contributed by atoms with Crippen molar-refractivity contribution in [3.05, 3.63) is 53.6 Å². The van der Waals surface area contributed by atoms with E-state index in [1.165, 1.54) is 16.7 Å². The molecule has 0 saturated carbocycles. The number of hydrogen-bond acceptors (Lipinski definition) is 1. The molecule has 0 aliphatic rings. The minimum absolute atomic E-state index is 0.868. The molecular formula is C14H15N. The van der Waals surface area contributed by atoms with Crippen LogP contribution in [0, 0.1) is 13.8 Å². The predicted octanol–water partition coefficient (Wildman–Crippen LogP) is 3.55. The second kappa shape index (κ2) is 3.77. The van der Waals surface area contributed by atoms with Crippen molar-refractivity contribution in [2.75, 3.05) is 5.73 Å². The van der Waals surface area contributed by atoms with E-state index < -0.39 is 0 Å². The first-order valence-corrected chi connectivity index (χ1v) is 5.10. The summed E-state index contributed by atoms with van der Waals surface area (Å²) in [5.41, 5.74) is 11.6. The highest BCUT2D eigenvalue weighted by Gasteiger charge is 2.03. The van der Waals surface area contributed by atoms with Gasteiger partial charge in [0.25, 0.3) is 0 Å². The van der Waals surface area contributed by atoms with Gasteiger partial charge in [-0.1, -0.05) is 30.3 Å². The van der Waals surface area contributed by atoms with Gasteiger partial charge in [-0.3, -0.25) is 0 Å². The summed E-state index contributed by atoms with van der Waals surface area (Å²) in [6.45, 7) is 4.14. The molecule has 2 aromatic rings. The molecule has 0 aliphatic heterocycles. The van der Waals surface area contributed by atoms with Crippen LogP contribution in [0.5, 0.6) is 0 Å². The second-order valence-electron chi connectivity index (χ2n) is 3.89. The summed E-state index contributed by atoms with van der Waals surface area (Å²) in [5.74, 6) is 0. The lowest BCUT2D eigenvalue weighted by Gasteiger charge is -2.09. The van der Waals surface area contributed by atoms with Crippen molar-refractivity contribution in [1.82, 2.24) is 0 Å². The molecule has 1 heteroatoms. The van der Waals surface area contributed by atoms with Crippen LogP contribution in [0.1, 0.15) is 11.1 Å². The summed E-state index contributed by atoms with van der Waals surface area (Å²) in [6.07, 6.45) is 0. The highest BCUT2D eigenvalue weighted by Crippen LogP contribution is 2.27. The zero-order valence-corrected chi connectivity index (χ0v) is 9.12. The zero-order chi connectivity index (χ0) is 10.8. The first-order chi connectivity index (χ1) is 7.18. The molecule has 0 radical (unpaired) electrons. The molecule has 0 atom stereocenters. The minimum Gasteiger partial charge on any atom is -0.399 e. The molecule has 0 spiro atoms. The van der Waals surface area contributed by atoms with Crippen LogP contribution in [-0.4, -0.2) is 0 Å². The fourth-order valence-corrected chi connectivity index (χ4v) is 1.77. The quantitative estimate of drug-likeness (QED) is 0.695. The Hall–Kier alpha value is -1.76. The number of benzene rings is 2. The Morgan fingerprint density at radius 2 is 1.53 bits per heavy atom. The van der Waals surface area contributed by atoms with Crippen LogP contribution in [0.3, 0.4) is 0 Å². The van der Waals surface area contributed by atoms with Gasteiger partial charge in [0, 0.05) is 5.69 Å². The third-order valence-electron chi connectivity index (χ3n) is 2.70. The molecule has 0 aliphatic carbocycles. The molecule has 0 heterocycles. The van der Waals surface area contributed by atoms with Gasteiger partial charge in [0.1, 0.15) is 0 Å². The average Bonchev–Trinajstić information content (AvgIpc) is 2.25. The van der Waals surface area contributed by atoms with Crippen LogP contribution in [0.15, 0.2) is 42.5 Å². The highest BCUT2D eigenvalue weighted by atomic mass is 14.6. The van der Waals surface area contributed by atoms with E-state index in [1.54, 1.807) is 0 Å². The maximum atomic E-state index is 5.87. The van der Waals surface area contributed by atoms with E-state index in [0.717, 1.165) is 11.3 Å². The summed E-state index contributed by atoms with van der Waals surface area (Å²) < 4.78 is 0. The molecule has 0 fully saturated rings. The van der Waals surface area contributed by atoms with Crippen LogP contribution >= 0.6 is 0 Å².